The molecule has 0 aliphatic carbocycles. The van der Waals surface area contributed by atoms with Crippen LogP contribution in [0.2, 0.25) is 0 Å². The number of carbonyl (C=O) groups excluding carboxylic acids is 1. The van der Waals surface area contributed by atoms with Gasteiger partial charge in [0.05, 0.1) is 5.56 Å². The van der Waals surface area contributed by atoms with Crippen LogP contribution in [0.3, 0.4) is 0 Å². The normalized spacial score (nSPS) is 12.6. The highest BCUT2D eigenvalue weighted by atomic mass is 16.6. The van der Waals surface area contributed by atoms with E-state index in [-0.39, 0.29) is 5.91 Å². The van der Waals surface area contributed by atoms with Gasteiger partial charge in [-0.3, -0.25) is 4.79 Å². The fourth-order valence-corrected chi connectivity index (χ4v) is 2.46. The van der Waals surface area contributed by atoms with E-state index < -0.39 is 0 Å². The van der Waals surface area contributed by atoms with Gasteiger partial charge in [-0.05, 0) is 18.6 Å². The van der Waals surface area contributed by atoms with Crippen molar-refractivity contribution in [3.8, 4) is 11.5 Å². The smallest absolute Gasteiger partial charge is 0.258 e. The predicted octanol–water partition coefficient (Wildman–Crippen LogP) is 2.74. The number of benzene rings is 1. The zero-order valence-corrected chi connectivity index (χ0v) is 14.5. The first-order chi connectivity index (χ1) is 12.2. The van der Waals surface area contributed by atoms with Crippen LogP contribution in [-0.4, -0.2) is 42.7 Å². The van der Waals surface area contributed by atoms with Crippen molar-refractivity contribution in [2.75, 3.05) is 37.0 Å². The van der Waals surface area contributed by atoms with Crippen molar-refractivity contribution in [1.82, 2.24) is 9.97 Å². The number of nitrogens with one attached hydrogen (secondary N) is 1. The number of unbranched alkanes of at least 4 members (excludes halogenated alkanes) is 1. The van der Waals surface area contributed by atoms with Crippen LogP contribution in [0, 0.1) is 0 Å². The molecule has 1 aromatic carbocycles. The average Bonchev–Trinajstić information content (AvgIpc) is 2.66. The first kappa shape index (κ1) is 17.0. The second-order valence-corrected chi connectivity index (χ2v) is 5.86. The SMILES string of the molecule is CCCCN(C)c1ncc(C(=O)Nc2ccc3c(c2)OCCO3)cn1. The van der Waals surface area contributed by atoms with Gasteiger partial charge in [0.15, 0.2) is 11.5 Å². The first-order valence-corrected chi connectivity index (χ1v) is 8.41. The van der Waals surface area contributed by atoms with Crippen LogP contribution in [-0.2, 0) is 0 Å². The Labute approximate surface area is 147 Å². The zero-order chi connectivity index (χ0) is 17.6. The van der Waals surface area contributed by atoms with Gasteiger partial charge in [0.2, 0.25) is 5.95 Å². The summed E-state index contributed by atoms with van der Waals surface area (Å²) in [5.41, 5.74) is 1.04. The van der Waals surface area contributed by atoms with E-state index in [9.17, 15) is 4.79 Å². The van der Waals surface area contributed by atoms with E-state index in [1.165, 1.54) is 12.4 Å². The van der Waals surface area contributed by atoms with Gasteiger partial charge in [0.25, 0.3) is 5.91 Å². The fourth-order valence-electron chi connectivity index (χ4n) is 2.46. The second kappa shape index (κ2) is 7.83. The Morgan fingerprint density at radius 1 is 1.20 bits per heavy atom. The minimum atomic E-state index is -0.264. The van der Waals surface area contributed by atoms with Crippen LogP contribution in [0.4, 0.5) is 11.6 Å². The third-order valence-corrected chi connectivity index (χ3v) is 3.89. The number of amides is 1. The van der Waals surface area contributed by atoms with Gasteiger partial charge in [0, 0.05) is 37.7 Å². The van der Waals surface area contributed by atoms with Gasteiger partial charge in [-0.1, -0.05) is 13.3 Å². The highest BCUT2D eigenvalue weighted by molar-refractivity contribution is 6.04. The summed E-state index contributed by atoms with van der Waals surface area (Å²) in [6.45, 7) is 4.07. The minimum Gasteiger partial charge on any atom is -0.486 e. The Bertz CT molecular complexity index is 734. The van der Waals surface area contributed by atoms with Crippen molar-refractivity contribution in [2.24, 2.45) is 0 Å². The molecular formula is C18H22N4O3. The molecule has 0 unspecified atom stereocenters. The molecule has 2 aromatic rings. The number of hydrogen-bond donors (Lipinski definition) is 1. The van der Waals surface area contributed by atoms with Crippen LogP contribution in [0.15, 0.2) is 30.6 Å². The van der Waals surface area contributed by atoms with Crippen LogP contribution < -0.4 is 19.7 Å². The van der Waals surface area contributed by atoms with Crippen molar-refractivity contribution in [1.29, 1.82) is 0 Å². The van der Waals surface area contributed by atoms with Crippen molar-refractivity contribution < 1.29 is 14.3 Å². The Hall–Kier alpha value is -2.83. The molecule has 1 aliphatic rings. The Balaban J connectivity index is 1.65. The molecular weight excluding hydrogens is 320 g/mol. The highest BCUT2D eigenvalue weighted by Crippen LogP contribution is 2.32. The standard InChI is InChI=1S/C18H22N4O3/c1-3-4-7-22(2)18-19-11-13(12-20-18)17(23)21-14-5-6-15-16(10-14)25-9-8-24-15/h5-6,10-12H,3-4,7-9H2,1-2H3,(H,21,23). The van der Waals surface area contributed by atoms with E-state index in [0.29, 0.717) is 41.9 Å². The summed E-state index contributed by atoms with van der Waals surface area (Å²) in [5.74, 6) is 1.67. The van der Waals surface area contributed by atoms with E-state index in [0.717, 1.165) is 19.4 Å². The molecule has 0 fully saturated rings. The fraction of sp³-hybridized carbons (Fsp3) is 0.389. The number of hydrogen-bond acceptors (Lipinski definition) is 6. The molecule has 0 saturated carbocycles. The van der Waals surface area contributed by atoms with Crippen LogP contribution in [0.25, 0.3) is 0 Å². The Kier molecular flexibility index (Phi) is 5.33. The number of rotatable bonds is 6. The lowest BCUT2D eigenvalue weighted by Gasteiger charge is -2.19. The Morgan fingerprint density at radius 3 is 2.64 bits per heavy atom. The van der Waals surface area contributed by atoms with Crippen LogP contribution >= 0.6 is 0 Å². The highest BCUT2D eigenvalue weighted by Gasteiger charge is 2.14. The van der Waals surface area contributed by atoms with E-state index in [1.807, 2.05) is 11.9 Å². The van der Waals surface area contributed by atoms with Gasteiger partial charge in [-0.15, -0.1) is 0 Å². The maximum atomic E-state index is 12.4. The van der Waals surface area contributed by atoms with Crippen LogP contribution in [0.5, 0.6) is 11.5 Å². The first-order valence-electron chi connectivity index (χ1n) is 8.41. The number of carbonyl (C=O) groups is 1. The molecule has 1 N–H and O–H groups in total. The van der Waals surface area contributed by atoms with Gasteiger partial charge in [-0.2, -0.15) is 0 Å². The molecule has 7 nitrogen and oxygen atoms in total. The summed E-state index contributed by atoms with van der Waals surface area (Å²) >= 11 is 0. The van der Waals surface area contributed by atoms with Crippen LogP contribution in [0.1, 0.15) is 30.1 Å². The van der Waals surface area contributed by atoms with E-state index in [4.69, 9.17) is 9.47 Å². The summed E-state index contributed by atoms with van der Waals surface area (Å²) in [6, 6.07) is 5.31. The number of anilines is 2. The maximum absolute atomic E-state index is 12.4. The maximum Gasteiger partial charge on any atom is 0.258 e. The molecule has 1 aromatic heterocycles. The topological polar surface area (TPSA) is 76.6 Å². The summed E-state index contributed by atoms with van der Waals surface area (Å²) in [7, 11) is 1.94. The molecule has 0 bridgehead atoms. The van der Waals surface area contributed by atoms with E-state index in [1.54, 1.807) is 18.2 Å². The molecule has 0 saturated heterocycles. The summed E-state index contributed by atoms with van der Waals surface area (Å²) in [5, 5.41) is 2.82. The van der Waals surface area contributed by atoms with E-state index >= 15 is 0 Å². The number of ether oxygens (including phenoxy) is 2. The lowest BCUT2D eigenvalue weighted by atomic mass is 10.2. The number of aromatic nitrogens is 2. The molecule has 0 radical (unpaired) electrons. The molecule has 1 amide bonds. The average molecular weight is 342 g/mol. The van der Waals surface area contributed by atoms with Crippen molar-refractivity contribution in [3.05, 3.63) is 36.2 Å². The largest absolute Gasteiger partial charge is 0.486 e. The molecule has 0 atom stereocenters. The third-order valence-electron chi connectivity index (χ3n) is 3.89. The summed E-state index contributed by atoms with van der Waals surface area (Å²) < 4.78 is 11.0. The Morgan fingerprint density at radius 2 is 1.92 bits per heavy atom. The van der Waals surface area contributed by atoms with Crippen molar-refractivity contribution in [2.45, 2.75) is 19.8 Å². The quantitative estimate of drug-likeness (QED) is 0.870. The molecule has 0 spiro atoms. The second-order valence-electron chi connectivity index (χ2n) is 5.86. The monoisotopic (exact) mass is 342 g/mol. The number of fused-ring (bicyclic) bond motifs is 1. The molecule has 2 heterocycles. The predicted molar refractivity (Wildman–Crippen MR) is 95.6 cm³/mol. The molecule has 3 rings (SSSR count). The lowest BCUT2D eigenvalue weighted by molar-refractivity contribution is 0.102. The molecule has 1 aliphatic heterocycles. The molecule has 132 valence electrons. The van der Waals surface area contributed by atoms with E-state index in [2.05, 4.69) is 22.2 Å². The van der Waals surface area contributed by atoms with Crippen molar-refractivity contribution in [3.63, 3.8) is 0 Å². The van der Waals surface area contributed by atoms with Gasteiger partial charge in [0.1, 0.15) is 13.2 Å². The minimum absolute atomic E-state index is 0.264. The lowest BCUT2D eigenvalue weighted by Crippen LogP contribution is -2.21. The van der Waals surface area contributed by atoms with Gasteiger partial charge in [-0.25, -0.2) is 9.97 Å². The van der Waals surface area contributed by atoms with Gasteiger partial charge < -0.3 is 19.7 Å². The van der Waals surface area contributed by atoms with Crippen molar-refractivity contribution >= 4 is 17.5 Å². The summed E-state index contributed by atoms with van der Waals surface area (Å²) in [6.07, 6.45) is 5.27. The molecule has 7 heteroatoms. The number of nitrogens with zero attached hydrogens (tertiary/aromatic N) is 3. The van der Waals surface area contributed by atoms with Gasteiger partial charge >= 0.3 is 0 Å². The summed E-state index contributed by atoms with van der Waals surface area (Å²) in [4.78, 5) is 22.9. The zero-order valence-electron chi connectivity index (χ0n) is 14.5. The third kappa shape index (κ3) is 4.17. The molecule has 25 heavy (non-hydrogen) atoms.